The summed E-state index contributed by atoms with van der Waals surface area (Å²) >= 11 is 0. The van der Waals surface area contributed by atoms with Crippen LogP contribution in [0.25, 0.3) is 0 Å². The maximum Gasteiger partial charge on any atom is 0.229 e. The molecule has 0 amide bonds. The molecule has 0 atom stereocenters. The molecule has 1 fully saturated rings. The quantitative estimate of drug-likeness (QED) is 0.922. The number of benzene rings is 1. The minimum absolute atomic E-state index is 0.624. The molecule has 0 radical (unpaired) electrons. The minimum atomic E-state index is -3.18. The summed E-state index contributed by atoms with van der Waals surface area (Å²) in [5.74, 6) is 0.845. The number of nitrogens with zero attached hydrogens (tertiary/aromatic N) is 1. The van der Waals surface area contributed by atoms with Gasteiger partial charge in [-0.2, -0.15) is 0 Å². The number of hydrogen-bond donors (Lipinski definition) is 1. The summed E-state index contributed by atoms with van der Waals surface area (Å²) < 4.78 is 24.7. The van der Waals surface area contributed by atoms with Crippen LogP contribution in [0.2, 0.25) is 0 Å². The van der Waals surface area contributed by atoms with Crippen LogP contribution in [0, 0.1) is 5.92 Å². The Morgan fingerprint density at radius 2 is 1.79 bits per heavy atom. The molecule has 0 unspecified atom stereocenters. The summed E-state index contributed by atoms with van der Waals surface area (Å²) in [6, 6.07) is 7.63. The van der Waals surface area contributed by atoms with Crippen LogP contribution in [-0.2, 0) is 16.6 Å². The van der Waals surface area contributed by atoms with Gasteiger partial charge in [-0.15, -0.1) is 0 Å². The van der Waals surface area contributed by atoms with Gasteiger partial charge in [0.15, 0.2) is 0 Å². The molecule has 0 aromatic heterocycles. The molecule has 1 aliphatic heterocycles. The van der Waals surface area contributed by atoms with Gasteiger partial charge in [-0.25, -0.2) is 8.42 Å². The van der Waals surface area contributed by atoms with E-state index >= 15 is 0 Å². The van der Waals surface area contributed by atoms with Gasteiger partial charge in [-0.05, 0) is 49.5 Å². The lowest BCUT2D eigenvalue weighted by molar-refractivity contribution is 0.185. The molecule has 0 saturated carbocycles. The van der Waals surface area contributed by atoms with Crippen LogP contribution < -0.4 is 4.72 Å². The van der Waals surface area contributed by atoms with Crippen molar-refractivity contribution in [1.82, 2.24) is 4.90 Å². The Morgan fingerprint density at radius 1 is 1.21 bits per heavy atom. The van der Waals surface area contributed by atoms with Gasteiger partial charge in [0.2, 0.25) is 10.0 Å². The smallest absolute Gasteiger partial charge is 0.229 e. The van der Waals surface area contributed by atoms with Crippen molar-refractivity contribution in [2.24, 2.45) is 5.92 Å². The monoisotopic (exact) mass is 282 g/mol. The van der Waals surface area contributed by atoms with E-state index < -0.39 is 10.0 Å². The predicted molar refractivity (Wildman–Crippen MR) is 78.6 cm³/mol. The van der Waals surface area contributed by atoms with E-state index in [9.17, 15) is 8.42 Å². The Hall–Kier alpha value is -1.07. The second-order valence-electron chi connectivity index (χ2n) is 5.53. The third-order valence-corrected chi connectivity index (χ3v) is 4.15. The summed E-state index contributed by atoms with van der Waals surface area (Å²) in [5.41, 5.74) is 1.85. The first kappa shape index (κ1) is 14.3. The second kappa shape index (κ2) is 5.92. The van der Waals surface area contributed by atoms with Gasteiger partial charge in [0.05, 0.1) is 6.26 Å². The molecular formula is C14H22N2O2S. The van der Waals surface area contributed by atoms with Crippen LogP contribution >= 0.6 is 0 Å². The van der Waals surface area contributed by atoms with E-state index in [1.165, 1.54) is 18.4 Å². The van der Waals surface area contributed by atoms with E-state index in [2.05, 4.69) is 16.5 Å². The Morgan fingerprint density at radius 3 is 2.32 bits per heavy atom. The lowest BCUT2D eigenvalue weighted by Gasteiger charge is -2.30. The van der Waals surface area contributed by atoms with Crippen molar-refractivity contribution >= 4 is 15.7 Å². The van der Waals surface area contributed by atoms with Crippen LogP contribution in [0.4, 0.5) is 5.69 Å². The second-order valence-corrected chi connectivity index (χ2v) is 7.28. The lowest BCUT2D eigenvalue weighted by Crippen LogP contribution is -2.32. The van der Waals surface area contributed by atoms with E-state index in [0.29, 0.717) is 5.69 Å². The molecule has 2 rings (SSSR count). The molecule has 4 nitrogen and oxygen atoms in total. The summed E-state index contributed by atoms with van der Waals surface area (Å²) in [7, 11) is -3.18. The number of piperidine rings is 1. The Balaban J connectivity index is 1.92. The molecule has 1 heterocycles. The first-order chi connectivity index (χ1) is 8.92. The van der Waals surface area contributed by atoms with Crippen molar-refractivity contribution in [3.05, 3.63) is 29.8 Å². The number of hydrogen-bond acceptors (Lipinski definition) is 3. The maximum atomic E-state index is 11.1. The van der Waals surface area contributed by atoms with Gasteiger partial charge in [-0.3, -0.25) is 9.62 Å². The van der Waals surface area contributed by atoms with Crippen LogP contribution in [0.1, 0.15) is 25.3 Å². The zero-order valence-electron chi connectivity index (χ0n) is 11.6. The van der Waals surface area contributed by atoms with Gasteiger partial charge in [0.1, 0.15) is 0 Å². The number of sulfonamides is 1. The summed E-state index contributed by atoms with van der Waals surface area (Å²) in [6.07, 6.45) is 3.71. The van der Waals surface area contributed by atoms with Crippen molar-refractivity contribution < 1.29 is 8.42 Å². The fourth-order valence-electron chi connectivity index (χ4n) is 2.37. The van der Waals surface area contributed by atoms with E-state index in [-0.39, 0.29) is 0 Å². The molecule has 0 bridgehead atoms. The van der Waals surface area contributed by atoms with E-state index in [4.69, 9.17) is 0 Å². The molecule has 106 valence electrons. The van der Waals surface area contributed by atoms with Gasteiger partial charge in [-0.1, -0.05) is 19.1 Å². The Bertz CT molecular complexity index is 503. The third kappa shape index (κ3) is 4.84. The zero-order valence-corrected chi connectivity index (χ0v) is 12.4. The topological polar surface area (TPSA) is 49.4 Å². The van der Waals surface area contributed by atoms with Crippen LogP contribution in [0.3, 0.4) is 0 Å². The van der Waals surface area contributed by atoms with Crippen molar-refractivity contribution in [1.29, 1.82) is 0 Å². The standard InChI is InChI=1S/C14H22N2O2S/c1-12-7-9-16(10-8-12)11-13-3-5-14(6-4-13)15-19(2,17)18/h3-6,12,15H,7-11H2,1-2H3. The third-order valence-electron chi connectivity index (χ3n) is 3.54. The molecule has 1 aromatic rings. The molecular weight excluding hydrogens is 260 g/mol. The first-order valence-corrected chi connectivity index (χ1v) is 8.60. The maximum absolute atomic E-state index is 11.1. The summed E-state index contributed by atoms with van der Waals surface area (Å²) in [5, 5.41) is 0. The van der Waals surface area contributed by atoms with Crippen molar-refractivity contribution in [2.45, 2.75) is 26.3 Å². The van der Waals surface area contributed by atoms with Crippen LogP contribution in [-0.4, -0.2) is 32.7 Å². The fraction of sp³-hybridized carbons (Fsp3) is 0.571. The van der Waals surface area contributed by atoms with Crippen molar-refractivity contribution in [3.63, 3.8) is 0 Å². The van der Waals surface area contributed by atoms with E-state index in [1.807, 2.05) is 24.3 Å². The first-order valence-electron chi connectivity index (χ1n) is 6.71. The Kier molecular flexibility index (Phi) is 4.47. The predicted octanol–water partition coefficient (Wildman–Crippen LogP) is 2.29. The largest absolute Gasteiger partial charge is 0.299 e. The molecule has 1 aromatic carbocycles. The molecule has 19 heavy (non-hydrogen) atoms. The molecule has 0 aliphatic carbocycles. The van der Waals surface area contributed by atoms with Crippen LogP contribution in [0.5, 0.6) is 0 Å². The van der Waals surface area contributed by atoms with Crippen molar-refractivity contribution in [2.75, 3.05) is 24.1 Å². The van der Waals surface area contributed by atoms with Crippen molar-refractivity contribution in [3.8, 4) is 0 Å². The summed E-state index contributed by atoms with van der Waals surface area (Å²) in [6.45, 7) is 5.57. The molecule has 0 spiro atoms. The van der Waals surface area contributed by atoms with Gasteiger partial charge in [0.25, 0.3) is 0 Å². The summed E-state index contributed by atoms with van der Waals surface area (Å²) in [4.78, 5) is 2.46. The van der Waals surface area contributed by atoms with Gasteiger partial charge >= 0.3 is 0 Å². The fourth-order valence-corrected chi connectivity index (χ4v) is 2.93. The average molecular weight is 282 g/mol. The number of anilines is 1. The van der Waals surface area contributed by atoms with Gasteiger partial charge < -0.3 is 0 Å². The van der Waals surface area contributed by atoms with Gasteiger partial charge in [0, 0.05) is 12.2 Å². The molecule has 1 N–H and O–H groups in total. The average Bonchev–Trinajstić information content (AvgIpc) is 2.33. The highest BCUT2D eigenvalue weighted by Gasteiger charge is 2.15. The SMILES string of the molecule is CC1CCN(Cc2ccc(NS(C)(=O)=O)cc2)CC1. The normalized spacial score (nSPS) is 18.4. The molecule has 1 aliphatic rings. The zero-order chi connectivity index (χ0) is 13.9. The highest BCUT2D eigenvalue weighted by Crippen LogP contribution is 2.19. The lowest BCUT2D eigenvalue weighted by atomic mass is 9.99. The highest BCUT2D eigenvalue weighted by molar-refractivity contribution is 7.92. The number of rotatable bonds is 4. The minimum Gasteiger partial charge on any atom is -0.299 e. The Labute approximate surface area is 115 Å². The van der Waals surface area contributed by atoms with E-state index in [0.717, 1.165) is 31.8 Å². The number of likely N-dealkylation sites (tertiary alicyclic amines) is 1. The van der Waals surface area contributed by atoms with E-state index in [1.54, 1.807) is 0 Å². The molecule has 5 heteroatoms. The highest BCUT2D eigenvalue weighted by atomic mass is 32.2. The van der Waals surface area contributed by atoms with Crippen LogP contribution in [0.15, 0.2) is 24.3 Å². The molecule has 1 saturated heterocycles. The number of nitrogens with one attached hydrogen (secondary N) is 1.